The normalized spacial score (nSPS) is 14.3. The zero-order valence-corrected chi connectivity index (χ0v) is 35.6. The Balaban J connectivity index is 1.18. The van der Waals surface area contributed by atoms with E-state index in [4.69, 9.17) is 23.1 Å². The van der Waals surface area contributed by atoms with Crippen molar-refractivity contribution in [2.45, 2.75) is 98.6 Å². The van der Waals surface area contributed by atoms with E-state index in [1.54, 1.807) is 46.9 Å². The van der Waals surface area contributed by atoms with Crippen LogP contribution in [-0.2, 0) is 55.6 Å². The number of nitrogens with one attached hydrogen (secondary N) is 1. The van der Waals surface area contributed by atoms with E-state index in [0.29, 0.717) is 31.0 Å². The molecule has 5 aromatic rings. The van der Waals surface area contributed by atoms with Gasteiger partial charge in [-0.05, 0) is 124 Å². The molecular formula is C44H53N5O9S. The lowest BCUT2D eigenvalue weighted by molar-refractivity contribution is -0.143. The Morgan fingerprint density at radius 3 is 2.49 bits per heavy atom. The number of benzene rings is 4. The van der Waals surface area contributed by atoms with E-state index in [-0.39, 0.29) is 37.8 Å². The highest BCUT2D eigenvalue weighted by atomic mass is 32.2. The van der Waals surface area contributed by atoms with Gasteiger partial charge in [-0.25, -0.2) is 9.48 Å². The van der Waals surface area contributed by atoms with Gasteiger partial charge in [0.15, 0.2) is 0 Å². The number of hydrogen-bond acceptors (Lipinski definition) is 11. The molecule has 1 amide bonds. The molecule has 15 heteroatoms. The van der Waals surface area contributed by atoms with Crippen LogP contribution in [0.3, 0.4) is 0 Å². The van der Waals surface area contributed by atoms with Crippen molar-refractivity contribution in [1.29, 1.82) is 0 Å². The smallest absolute Gasteiger partial charge is 0.412 e. The fourth-order valence-corrected chi connectivity index (χ4v) is 8.11. The number of aromatic nitrogens is 3. The summed E-state index contributed by atoms with van der Waals surface area (Å²) >= 11 is 0. The highest BCUT2D eigenvalue weighted by Crippen LogP contribution is 2.37. The highest BCUT2D eigenvalue weighted by Gasteiger charge is 2.33. The fourth-order valence-electron chi connectivity index (χ4n) is 7.02. The van der Waals surface area contributed by atoms with Gasteiger partial charge < -0.3 is 23.1 Å². The van der Waals surface area contributed by atoms with Crippen LogP contribution in [0.2, 0.25) is 0 Å². The predicted molar refractivity (Wildman–Crippen MR) is 224 cm³/mol. The molecule has 0 spiro atoms. The maximum absolute atomic E-state index is 13.4. The minimum atomic E-state index is -4.16. The van der Waals surface area contributed by atoms with Crippen molar-refractivity contribution in [3.8, 4) is 11.5 Å². The number of esters is 1. The number of unbranched alkanes of at least 4 members (excludes halogenated alkanes) is 1. The van der Waals surface area contributed by atoms with Crippen molar-refractivity contribution in [3.05, 3.63) is 112 Å². The largest absolute Gasteiger partial charge is 0.497 e. The molecule has 314 valence electrons. The van der Waals surface area contributed by atoms with Gasteiger partial charge in [-0.1, -0.05) is 41.6 Å². The van der Waals surface area contributed by atoms with Crippen LogP contribution in [-0.4, -0.2) is 65.7 Å². The monoisotopic (exact) mass is 827 g/mol. The van der Waals surface area contributed by atoms with E-state index in [1.165, 1.54) is 10.4 Å². The first-order chi connectivity index (χ1) is 28.1. The van der Waals surface area contributed by atoms with Gasteiger partial charge in [-0.15, -0.1) is 5.10 Å². The summed E-state index contributed by atoms with van der Waals surface area (Å²) in [6.07, 6.45) is 1.16. The third kappa shape index (κ3) is 11.0. The Morgan fingerprint density at radius 2 is 1.76 bits per heavy atom. The first-order valence-electron chi connectivity index (χ1n) is 19.7. The molecule has 14 nitrogen and oxygen atoms in total. The van der Waals surface area contributed by atoms with Crippen LogP contribution >= 0.6 is 0 Å². The molecular weight excluding hydrogens is 775 g/mol. The first-order valence-corrected chi connectivity index (χ1v) is 21.1. The van der Waals surface area contributed by atoms with Gasteiger partial charge in [-0.2, -0.15) is 12.7 Å². The molecule has 1 unspecified atom stereocenters. The van der Waals surface area contributed by atoms with Crippen LogP contribution in [0.1, 0.15) is 91.8 Å². The number of aryl methyl sites for hydroxylation is 3. The average Bonchev–Trinajstić information content (AvgIpc) is 3.60. The SMILES string of the molecule is CCOC(=O)CC(c1ccc(C)c(CN2Cc3cc(NC(=O)OC(C)(C)C)ccc3OS2(=O)=O)c1)c1ccc2c(nnn2CCCCOCc2ccc(OC)cc2)c1C. The Hall–Kier alpha value is -5.51. The molecule has 1 atom stereocenters. The third-order valence-electron chi connectivity index (χ3n) is 10.1. The van der Waals surface area contributed by atoms with Crippen molar-refractivity contribution in [2.75, 3.05) is 25.6 Å². The zero-order valence-electron chi connectivity index (χ0n) is 34.7. The molecule has 0 saturated heterocycles. The van der Waals surface area contributed by atoms with E-state index in [1.807, 2.05) is 73.1 Å². The van der Waals surface area contributed by atoms with Gasteiger partial charge >= 0.3 is 22.4 Å². The van der Waals surface area contributed by atoms with Gasteiger partial charge in [0.2, 0.25) is 0 Å². The van der Waals surface area contributed by atoms with Crippen molar-refractivity contribution >= 4 is 39.1 Å². The summed E-state index contributed by atoms with van der Waals surface area (Å²) in [7, 11) is -2.51. The quantitative estimate of drug-likeness (QED) is 0.0756. The molecule has 1 aromatic heterocycles. The lowest BCUT2D eigenvalue weighted by Gasteiger charge is -2.29. The molecule has 59 heavy (non-hydrogen) atoms. The summed E-state index contributed by atoms with van der Waals surface area (Å²) in [5.74, 6) is 0.238. The van der Waals surface area contributed by atoms with E-state index in [2.05, 4.69) is 15.6 Å². The molecule has 0 fully saturated rings. The molecule has 0 radical (unpaired) electrons. The number of amides is 1. The number of carbonyl (C=O) groups is 2. The van der Waals surface area contributed by atoms with Crippen LogP contribution in [0.15, 0.2) is 72.8 Å². The minimum absolute atomic E-state index is 0.0101. The van der Waals surface area contributed by atoms with Crippen molar-refractivity contribution in [3.63, 3.8) is 0 Å². The predicted octanol–water partition coefficient (Wildman–Crippen LogP) is 8.13. The minimum Gasteiger partial charge on any atom is -0.497 e. The Kier molecular flexibility index (Phi) is 13.6. The number of anilines is 1. The number of hydrogen-bond donors (Lipinski definition) is 1. The molecule has 2 heterocycles. The zero-order chi connectivity index (χ0) is 42.3. The molecule has 1 aliphatic rings. The maximum Gasteiger partial charge on any atom is 0.412 e. The number of carbonyl (C=O) groups excluding carboxylic acids is 2. The van der Waals surface area contributed by atoms with Crippen LogP contribution in [0.25, 0.3) is 11.0 Å². The number of methoxy groups -OCH3 is 1. The van der Waals surface area contributed by atoms with Crippen LogP contribution < -0.4 is 14.2 Å². The summed E-state index contributed by atoms with van der Waals surface area (Å²) in [4.78, 5) is 25.5. The van der Waals surface area contributed by atoms with Crippen LogP contribution in [0, 0.1) is 13.8 Å². The Morgan fingerprint density at radius 1 is 0.983 bits per heavy atom. The van der Waals surface area contributed by atoms with Crippen molar-refractivity contribution in [2.24, 2.45) is 0 Å². The van der Waals surface area contributed by atoms with E-state index in [9.17, 15) is 18.0 Å². The molecule has 1 aliphatic heterocycles. The molecule has 6 rings (SSSR count). The molecule has 4 aromatic carbocycles. The number of fused-ring (bicyclic) bond motifs is 2. The summed E-state index contributed by atoms with van der Waals surface area (Å²) in [5.41, 5.74) is 7.29. The first kappa shape index (κ1) is 43.1. The number of nitrogens with zero attached hydrogens (tertiary/aromatic N) is 4. The third-order valence-corrected chi connectivity index (χ3v) is 11.3. The van der Waals surface area contributed by atoms with Crippen LogP contribution in [0.4, 0.5) is 10.5 Å². The lowest BCUT2D eigenvalue weighted by atomic mass is 9.84. The number of rotatable bonds is 16. The van der Waals surface area contributed by atoms with Gasteiger partial charge in [0, 0.05) is 43.4 Å². The van der Waals surface area contributed by atoms with Gasteiger partial charge in [0.05, 0.1) is 32.3 Å². The van der Waals surface area contributed by atoms with Crippen LogP contribution in [0.5, 0.6) is 11.5 Å². The van der Waals surface area contributed by atoms with E-state index < -0.39 is 27.9 Å². The van der Waals surface area contributed by atoms with E-state index in [0.717, 1.165) is 63.0 Å². The Labute approximate surface area is 346 Å². The molecule has 0 aliphatic carbocycles. The second kappa shape index (κ2) is 18.6. The van der Waals surface area contributed by atoms with E-state index >= 15 is 0 Å². The topological polar surface area (TPSA) is 160 Å². The average molecular weight is 828 g/mol. The molecule has 0 bridgehead atoms. The summed E-state index contributed by atoms with van der Waals surface area (Å²) in [6, 6.07) is 22.4. The van der Waals surface area contributed by atoms with Crippen molar-refractivity contribution < 1.29 is 41.1 Å². The summed E-state index contributed by atoms with van der Waals surface area (Å²) < 4.78 is 57.4. The van der Waals surface area contributed by atoms with Gasteiger partial charge in [0.25, 0.3) is 0 Å². The second-order valence-corrected chi connectivity index (χ2v) is 17.1. The van der Waals surface area contributed by atoms with Gasteiger partial charge in [0.1, 0.15) is 22.6 Å². The Bertz CT molecular complexity index is 2390. The maximum atomic E-state index is 13.4. The number of ether oxygens (including phenoxy) is 4. The summed E-state index contributed by atoms with van der Waals surface area (Å²) in [6.45, 7) is 13.1. The van der Waals surface area contributed by atoms with Gasteiger partial charge in [-0.3, -0.25) is 10.1 Å². The lowest BCUT2D eigenvalue weighted by Crippen LogP contribution is -2.37. The standard InChI is InChI=1S/C44H53N5O9S/c1-8-56-41(50)25-38(37-18-19-39-42(30(37)3)46-47-49(39)21-9-10-22-55-28-31-12-16-36(54-7)17-13-31)32-14-11-29(2)33(23-32)26-48-27-34-24-35(45-43(51)57-44(4,5)6)15-20-40(34)58-59(48,52)53/h11-20,23-24,38H,8-10,21-22,25-28H2,1-7H3,(H,45,51). The van der Waals surface area contributed by atoms with Crippen molar-refractivity contribution in [1.82, 2.24) is 19.3 Å². The fraction of sp³-hybridized carbons (Fsp3) is 0.409. The highest BCUT2D eigenvalue weighted by molar-refractivity contribution is 7.84. The summed E-state index contributed by atoms with van der Waals surface area (Å²) in [5, 5.41) is 11.7. The second-order valence-electron chi connectivity index (χ2n) is 15.6. The molecule has 0 saturated carbocycles. The molecule has 1 N–H and O–H groups in total.